The van der Waals surface area contributed by atoms with Gasteiger partial charge in [-0.05, 0) is 11.0 Å². The number of rotatable bonds is 4. The highest BCUT2D eigenvalue weighted by Crippen LogP contribution is 2.27. The molecule has 0 radical (unpaired) electrons. The van der Waals surface area contributed by atoms with E-state index in [1.54, 1.807) is 0 Å². The fourth-order valence-corrected chi connectivity index (χ4v) is 3.94. The highest BCUT2D eigenvalue weighted by Gasteiger charge is 2.16. The van der Waals surface area contributed by atoms with Gasteiger partial charge in [-0.25, -0.2) is 9.50 Å². The monoisotopic (exact) mass is 419 g/mol. The normalized spacial score (nSPS) is 11.7. The molecule has 9 heteroatoms. The van der Waals surface area contributed by atoms with E-state index < -0.39 is 0 Å². The molecule has 0 unspecified atom stereocenters. The summed E-state index contributed by atoms with van der Waals surface area (Å²) in [5, 5.41) is 21.3. The third kappa shape index (κ3) is 3.62. The van der Waals surface area contributed by atoms with Gasteiger partial charge in [-0.15, -0.1) is 10.2 Å². The first-order chi connectivity index (χ1) is 14.3. The number of nitriles is 1. The van der Waals surface area contributed by atoms with Crippen molar-refractivity contribution >= 4 is 17.4 Å². The number of benzene rings is 1. The minimum Gasteiger partial charge on any atom is -0.305 e. The Morgan fingerprint density at radius 3 is 2.60 bits per heavy atom. The standard InChI is InChI=1S/C21H21N7OS/c1-21(2,3)15-7-5-13(6-8-15)19-25-26-20(27(19)4)30-12-16-9-17(29)28-18(24-16)14(10-22)11-23-28/h5-9,11,23H,12H2,1-4H3. The van der Waals surface area contributed by atoms with Crippen molar-refractivity contribution in [3.05, 3.63) is 63.7 Å². The fourth-order valence-electron chi connectivity index (χ4n) is 3.13. The van der Waals surface area contributed by atoms with E-state index in [2.05, 4.69) is 65.3 Å². The number of hydrogen-bond donors (Lipinski definition) is 1. The summed E-state index contributed by atoms with van der Waals surface area (Å²) in [5.74, 6) is 1.22. The Bertz CT molecular complexity index is 1320. The molecule has 3 heterocycles. The molecule has 0 aliphatic carbocycles. The van der Waals surface area contributed by atoms with Crippen LogP contribution >= 0.6 is 11.8 Å². The Hall–Kier alpha value is -3.38. The van der Waals surface area contributed by atoms with Crippen molar-refractivity contribution in [3.8, 4) is 17.5 Å². The fraction of sp³-hybridized carbons (Fsp3) is 0.286. The van der Waals surface area contributed by atoms with E-state index in [9.17, 15) is 10.1 Å². The lowest BCUT2D eigenvalue weighted by Crippen LogP contribution is -2.15. The lowest BCUT2D eigenvalue weighted by molar-refractivity contribution is 0.590. The second-order valence-electron chi connectivity index (χ2n) is 8.02. The van der Waals surface area contributed by atoms with Crippen LogP contribution in [-0.2, 0) is 18.2 Å². The molecule has 0 bridgehead atoms. The largest absolute Gasteiger partial charge is 0.305 e. The van der Waals surface area contributed by atoms with Crippen molar-refractivity contribution in [2.45, 2.75) is 37.1 Å². The van der Waals surface area contributed by atoms with Crippen LogP contribution in [-0.4, -0.2) is 29.4 Å². The Balaban J connectivity index is 1.56. The van der Waals surface area contributed by atoms with Gasteiger partial charge in [0.05, 0.1) is 5.69 Å². The Morgan fingerprint density at radius 2 is 1.93 bits per heavy atom. The molecule has 152 valence electrons. The molecule has 0 saturated heterocycles. The molecular weight excluding hydrogens is 398 g/mol. The van der Waals surface area contributed by atoms with Crippen LogP contribution in [0.5, 0.6) is 0 Å². The number of aromatic nitrogens is 6. The van der Waals surface area contributed by atoms with E-state index in [4.69, 9.17) is 0 Å². The molecule has 8 nitrogen and oxygen atoms in total. The van der Waals surface area contributed by atoms with Crippen LogP contribution in [0.4, 0.5) is 0 Å². The van der Waals surface area contributed by atoms with Gasteiger partial charge in [0.1, 0.15) is 11.6 Å². The average molecular weight is 420 g/mol. The molecule has 0 atom stereocenters. The number of thioether (sulfide) groups is 1. The molecule has 0 saturated carbocycles. The third-order valence-electron chi connectivity index (χ3n) is 4.86. The summed E-state index contributed by atoms with van der Waals surface area (Å²) in [4.78, 5) is 16.7. The number of aromatic amines is 1. The average Bonchev–Trinajstić information content (AvgIpc) is 3.29. The number of nitrogens with zero attached hydrogens (tertiary/aromatic N) is 6. The molecular formula is C21H21N7OS. The summed E-state index contributed by atoms with van der Waals surface area (Å²) < 4.78 is 3.19. The highest BCUT2D eigenvalue weighted by molar-refractivity contribution is 7.98. The van der Waals surface area contributed by atoms with Gasteiger partial charge < -0.3 is 4.57 Å². The number of H-pyrrole nitrogens is 1. The zero-order valence-corrected chi connectivity index (χ0v) is 18.0. The van der Waals surface area contributed by atoms with Crippen molar-refractivity contribution in [1.82, 2.24) is 29.4 Å². The van der Waals surface area contributed by atoms with Gasteiger partial charge in [-0.1, -0.05) is 56.8 Å². The van der Waals surface area contributed by atoms with Crippen LogP contribution in [0, 0.1) is 11.3 Å². The van der Waals surface area contributed by atoms with Gasteiger partial charge in [0.25, 0.3) is 5.56 Å². The van der Waals surface area contributed by atoms with Gasteiger partial charge in [-0.3, -0.25) is 9.89 Å². The topological polar surface area (TPSA) is 105 Å². The summed E-state index contributed by atoms with van der Waals surface area (Å²) in [6, 6.07) is 11.9. The van der Waals surface area contributed by atoms with E-state index in [0.717, 1.165) is 16.5 Å². The lowest BCUT2D eigenvalue weighted by atomic mass is 9.87. The van der Waals surface area contributed by atoms with E-state index in [0.29, 0.717) is 22.7 Å². The van der Waals surface area contributed by atoms with Crippen molar-refractivity contribution < 1.29 is 0 Å². The van der Waals surface area contributed by atoms with E-state index in [1.165, 1.54) is 34.1 Å². The summed E-state index contributed by atoms with van der Waals surface area (Å²) >= 11 is 1.44. The second kappa shape index (κ2) is 7.46. The lowest BCUT2D eigenvalue weighted by Gasteiger charge is -2.19. The Labute approximate surface area is 177 Å². The molecule has 4 rings (SSSR count). The minimum absolute atomic E-state index is 0.0944. The van der Waals surface area contributed by atoms with Crippen molar-refractivity contribution in [2.24, 2.45) is 7.05 Å². The maximum absolute atomic E-state index is 12.2. The highest BCUT2D eigenvalue weighted by atomic mass is 32.2. The summed E-state index contributed by atoms with van der Waals surface area (Å²) in [5.41, 5.74) is 3.34. The molecule has 0 aliphatic heterocycles. The summed E-state index contributed by atoms with van der Waals surface area (Å²) in [6.07, 6.45) is 1.47. The Kier molecular flexibility index (Phi) is 4.95. The van der Waals surface area contributed by atoms with Crippen molar-refractivity contribution in [1.29, 1.82) is 5.26 Å². The predicted molar refractivity (Wildman–Crippen MR) is 115 cm³/mol. The van der Waals surface area contributed by atoms with Crippen LogP contribution in [0.1, 0.15) is 37.6 Å². The first-order valence-corrected chi connectivity index (χ1v) is 10.4. The molecule has 30 heavy (non-hydrogen) atoms. The molecule has 0 fully saturated rings. The van der Waals surface area contributed by atoms with Crippen molar-refractivity contribution in [2.75, 3.05) is 0 Å². The third-order valence-corrected chi connectivity index (χ3v) is 5.92. The van der Waals surface area contributed by atoms with Crippen LogP contribution in [0.3, 0.4) is 0 Å². The van der Waals surface area contributed by atoms with Gasteiger partial charge in [0.15, 0.2) is 16.6 Å². The molecule has 1 aromatic carbocycles. The summed E-state index contributed by atoms with van der Waals surface area (Å²) in [6.45, 7) is 6.55. The number of nitrogens with one attached hydrogen (secondary N) is 1. The van der Waals surface area contributed by atoms with Crippen LogP contribution in [0.15, 0.2) is 46.5 Å². The molecule has 1 N–H and O–H groups in total. The maximum Gasteiger partial charge on any atom is 0.272 e. The van der Waals surface area contributed by atoms with Crippen LogP contribution < -0.4 is 5.56 Å². The minimum atomic E-state index is -0.255. The smallest absolute Gasteiger partial charge is 0.272 e. The van der Waals surface area contributed by atoms with Crippen LogP contribution in [0.25, 0.3) is 17.0 Å². The summed E-state index contributed by atoms with van der Waals surface area (Å²) in [7, 11) is 1.92. The zero-order chi connectivity index (χ0) is 21.5. The predicted octanol–water partition coefficient (Wildman–Crippen LogP) is 3.28. The SMILES string of the molecule is Cn1c(SCc2cc(=O)n3[nH]cc(C#N)c3n2)nnc1-c1ccc(C(C)(C)C)cc1. The quantitative estimate of drug-likeness (QED) is 0.509. The molecule has 0 spiro atoms. The first-order valence-electron chi connectivity index (χ1n) is 9.41. The van der Waals surface area contributed by atoms with Gasteiger partial charge in [0.2, 0.25) is 0 Å². The van der Waals surface area contributed by atoms with Crippen molar-refractivity contribution in [3.63, 3.8) is 0 Å². The van der Waals surface area contributed by atoms with Gasteiger partial charge in [-0.2, -0.15) is 5.26 Å². The van der Waals surface area contributed by atoms with E-state index in [-0.39, 0.29) is 11.0 Å². The van der Waals surface area contributed by atoms with Gasteiger partial charge in [0, 0.05) is 30.6 Å². The van der Waals surface area contributed by atoms with E-state index >= 15 is 0 Å². The second-order valence-corrected chi connectivity index (χ2v) is 8.97. The van der Waals surface area contributed by atoms with E-state index in [1.807, 2.05) is 17.7 Å². The van der Waals surface area contributed by atoms with Crippen LogP contribution in [0.2, 0.25) is 0 Å². The Morgan fingerprint density at radius 1 is 1.20 bits per heavy atom. The first kappa shape index (κ1) is 19.9. The maximum atomic E-state index is 12.2. The molecule has 0 aliphatic rings. The molecule has 4 aromatic rings. The number of fused-ring (bicyclic) bond motifs is 1. The number of hydrogen-bond acceptors (Lipinski definition) is 6. The molecule has 0 amide bonds. The van der Waals surface area contributed by atoms with Gasteiger partial charge >= 0.3 is 0 Å². The zero-order valence-electron chi connectivity index (χ0n) is 17.2. The molecule has 3 aromatic heterocycles.